The molecule has 1 aromatic heterocycles. The largest absolute Gasteiger partial charge is 0.347 e. The molecule has 0 bridgehead atoms. The van der Waals surface area contributed by atoms with Gasteiger partial charge in [-0.2, -0.15) is 0 Å². The van der Waals surface area contributed by atoms with Gasteiger partial charge in [0.15, 0.2) is 0 Å². The lowest BCUT2D eigenvalue weighted by Crippen LogP contribution is -2.64. The van der Waals surface area contributed by atoms with E-state index in [1.165, 1.54) is 0 Å². The Bertz CT molecular complexity index is 508. The molecule has 0 aliphatic carbocycles. The Balaban J connectivity index is 2.33. The zero-order valence-corrected chi connectivity index (χ0v) is 11.3. The third-order valence-corrected chi connectivity index (χ3v) is 3.33. The first-order valence-corrected chi connectivity index (χ1v) is 6.16. The Morgan fingerprint density at radius 1 is 1.42 bits per heavy atom. The van der Waals surface area contributed by atoms with Crippen molar-refractivity contribution in [2.75, 3.05) is 11.4 Å². The predicted molar refractivity (Wildman–Crippen MR) is 71.4 cm³/mol. The van der Waals surface area contributed by atoms with Crippen molar-refractivity contribution in [1.82, 2.24) is 10.3 Å². The summed E-state index contributed by atoms with van der Waals surface area (Å²) in [5.41, 5.74) is 6.47. The fourth-order valence-corrected chi connectivity index (χ4v) is 2.02. The number of carbonyl (C=O) groups is 2. The highest BCUT2D eigenvalue weighted by Crippen LogP contribution is 2.26. The van der Waals surface area contributed by atoms with Crippen molar-refractivity contribution in [2.45, 2.75) is 32.4 Å². The maximum Gasteiger partial charge on any atom is 0.251 e. The number of amides is 2. The highest BCUT2D eigenvalue weighted by Gasteiger charge is 2.41. The predicted octanol–water partition coefficient (Wildman–Crippen LogP) is 0.343. The second kappa shape index (κ2) is 4.62. The van der Waals surface area contributed by atoms with Crippen molar-refractivity contribution in [3.8, 4) is 0 Å². The summed E-state index contributed by atoms with van der Waals surface area (Å²) in [5.74, 6) is -0.611. The third kappa shape index (κ3) is 2.44. The fraction of sp³-hybridized carbons (Fsp3) is 0.462. The first kappa shape index (κ1) is 13.5. The summed E-state index contributed by atoms with van der Waals surface area (Å²) in [6.45, 7) is 5.53. The molecule has 1 aliphatic rings. The molecule has 0 spiro atoms. The van der Waals surface area contributed by atoms with Gasteiger partial charge in [0.25, 0.3) is 5.91 Å². The quantitative estimate of drug-likeness (QED) is 0.750. The van der Waals surface area contributed by atoms with Crippen LogP contribution in [-0.4, -0.2) is 28.9 Å². The van der Waals surface area contributed by atoms with Crippen LogP contribution in [-0.2, 0) is 9.59 Å². The van der Waals surface area contributed by atoms with Crippen LogP contribution in [0.25, 0.3) is 0 Å². The minimum atomic E-state index is -0.786. The second-order valence-corrected chi connectivity index (χ2v) is 5.25. The monoisotopic (exact) mass is 262 g/mol. The SMILES string of the molecule is C[C@H](N)c1ccc(N2CC(=O)NC(=O)C2(C)C)cn1. The molecule has 0 radical (unpaired) electrons. The van der Waals surface area contributed by atoms with Crippen LogP contribution in [0.1, 0.15) is 32.5 Å². The number of imide groups is 1. The van der Waals surface area contributed by atoms with Gasteiger partial charge in [-0.1, -0.05) is 0 Å². The zero-order chi connectivity index (χ0) is 14.2. The van der Waals surface area contributed by atoms with Crippen molar-refractivity contribution in [3.05, 3.63) is 24.0 Å². The number of nitrogens with zero attached hydrogens (tertiary/aromatic N) is 2. The normalized spacial score (nSPS) is 20.1. The zero-order valence-electron chi connectivity index (χ0n) is 11.3. The van der Waals surface area contributed by atoms with Crippen molar-refractivity contribution < 1.29 is 9.59 Å². The lowest BCUT2D eigenvalue weighted by atomic mass is 9.98. The van der Waals surface area contributed by atoms with E-state index < -0.39 is 5.54 Å². The molecule has 19 heavy (non-hydrogen) atoms. The number of aromatic nitrogens is 1. The maximum absolute atomic E-state index is 11.9. The summed E-state index contributed by atoms with van der Waals surface area (Å²) in [6.07, 6.45) is 1.65. The van der Waals surface area contributed by atoms with Crippen LogP contribution in [0.15, 0.2) is 18.3 Å². The van der Waals surface area contributed by atoms with E-state index in [-0.39, 0.29) is 24.4 Å². The molecule has 0 saturated carbocycles. The Labute approximate surface area is 112 Å². The molecule has 1 fully saturated rings. The number of rotatable bonds is 2. The first-order valence-electron chi connectivity index (χ1n) is 6.16. The number of hydrogen-bond donors (Lipinski definition) is 2. The molecule has 1 aromatic rings. The van der Waals surface area contributed by atoms with E-state index >= 15 is 0 Å². The first-order chi connectivity index (χ1) is 8.82. The maximum atomic E-state index is 11.9. The van der Waals surface area contributed by atoms with Crippen LogP contribution in [0, 0.1) is 0 Å². The number of anilines is 1. The second-order valence-electron chi connectivity index (χ2n) is 5.25. The third-order valence-electron chi connectivity index (χ3n) is 3.33. The van der Waals surface area contributed by atoms with E-state index in [2.05, 4.69) is 10.3 Å². The number of piperazine rings is 1. The number of carbonyl (C=O) groups excluding carboxylic acids is 2. The molecular formula is C13H18N4O2. The smallest absolute Gasteiger partial charge is 0.251 e. The van der Waals surface area contributed by atoms with E-state index in [0.717, 1.165) is 11.4 Å². The van der Waals surface area contributed by atoms with E-state index in [4.69, 9.17) is 5.73 Å². The van der Waals surface area contributed by atoms with Gasteiger partial charge in [0.05, 0.1) is 24.1 Å². The molecule has 0 unspecified atom stereocenters. The molecule has 0 aromatic carbocycles. The molecule has 2 heterocycles. The van der Waals surface area contributed by atoms with Crippen LogP contribution in [0.4, 0.5) is 5.69 Å². The van der Waals surface area contributed by atoms with E-state index in [1.54, 1.807) is 24.9 Å². The average molecular weight is 262 g/mol. The lowest BCUT2D eigenvalue weighted by molar-refractivity contribution is -0.135. The average Bonchev–Trinajstić information content (AvgIpc) is 2.34. The Morgan fingerprint density at radius 2 is 2.11 bits per heavy atom. The molecule has 2 rings (SSSR count). The van der Waals surface area contributed by atoms with Crippen molar-refractivity contribution in [2.24, 2.45) is 5.73 Å². The molecule has 6 heteroatoms. The van der Waals surface area contributed by atoms with Crippen LogP contribution in [0.2, 0.25) is 0 Å². The summed E-state index contributed by atoms with van der Waals surface area (Å²) in [6, 6.07) is 3.50. The summed E-state index contributed by atoms with van der Waals surface area (Å²) in [4.78, 5) is 29.4. The van der Waals surface area contributed by atoms with Gasteiger partial charge >= 0.3 is 0 Å². The lowest BCUT2D eigenvalue weighted by Gasteiger charge is -2.41. The topological polar surface area (TPSA) is 88.3 Å². The van der Waals surface area contributed by atoms with Crippen molar-refractivity contribution in [3.63, 3.8) is 0 Å². The summed E-state index contributed by atoms with van der Waals surface area (Å²) < 4.78 is 0. The summed E-state index contributed by atoms with van der Waals surface area (Å²) in [7, 11) is 0. The summed E-state index contributed by atoms with van der Waals surface area (Å²) >= 11 is 0. The number of nitrogens with one attached hydrogen (secondary N) is 1. The van der Waals surface area contributed by atoms with Crippen LogP contribution in [0.5, 0.6) is 0 Å². The molecule has 6 nitrogen and oxygen atoms in total. The Kier molecular flexibility index (Phi) is 3.28. The van der Waals surface area contributed by atoms with E-state index in [1.807, 2.05) is 19.1 Å². The molecule has 1 atom stereocenters. The van der Waals surface area contributed by atoms with E-state index in [9.17, 15) is 9.59 Å². The van der Waals surface area contributed by atoms with Crippen molar-refractivity contribution in [1.29, 1.82) is 0 Å². The molecule has 102 valence electrons. The highest BCUT2D eigenvalue weighted by molar-refractivity contribution is 6.06. The van der Waals surface area contributed by atoms with Gasteiger partial charge in [-0.3, -0.25) is 19.9 Å². The standard InChI is InChI=1S/C13H18N4O2/c1-8(14)10-5-4-9(6-15-10)17-7-11(18)16-12(19)13(17,2)3/h4-6,8H,7,14H2,1-3H3,(H,16,18,19)/t8-/m0/s1. The minimum absolute atomic E-state index is 0.137. The van der Waals surface area contributed by atoms with Gasteiger partial charge < -0.3 is 10.6 Å². The molecule has 2 amide bonds. The van der Waals surface area contributed by atoms with Gasteiger partial charge in [0.2, 0.25) is 5.91 Å². The van der Waals surface area contributed by atoms with Gasteiger partial charge in [0, 0.05) is 6.04 Å². The van der Waals surface area contributed by atoms with Crippen LogP contribution in [0.3, 0.4) is 0 Å². The Hall–Kier alpha value is -1.95. The molecule has 3 N–H and O–H groups in total. The molecule has 1 saturated heterocycles. The fourth-order valence-electron chi connectivity index (χ4n) is 2.02. The number of hydrogen-bond acceptors (Lipinski definition) is 5. The van der Waals surface area contributed by atoms with Crippen LogP contribution < -0.4 is 16.0 Å². The molecule has 1 aliphatic heterocycles. The molecular weight excluding hydrogens is 244 g/mol. The Morgan fingerprint density at radius 3 is 2.63 bits per heavy atom. The highest BCUT2D eigenvalue weighted by atomic mass is 16.2. The summed E-state index contributed by atoms with van der Waals surface area (Å²) in [5, 5.41) is 2.34. The van der Waals surface area contributed by atoms with Gasteiger partial charge in [0.1, 0.15) is 5.54 Å². The van der Waals surface area contributed by atoms with Crippen molar-refractivity contribution >= 4 is 17.5 Å². The van der Waals surface area contributed by atoms with Gasteiger partial charge in [-0.25, -0.2) is 0 Å². The van der Waals surface area contributed by atoms with Gasteiger partial charge in [-0.05, 0) is 32.9 Å². The van der Waals surface area contributed by atoms with Crippen LogP contribution >= 0.6 is 0 Å². The number of nitrogens with two attached hydrogens (primary N) is 1. The minimum Gasteiger partial charge on any atom is -0.347 e. The van der Waals surface area contributed by atoms with Gasteiger partial charge in [-0.15, -0.1) is 0 Å². The van der Waals surface area contributed by atoms with E-state index in [0.29, 0.717) is 0 Å². The number of pyridine rings is 1.